The van der Waals surface area contributed by atoms with Crippen molar-refractivity contribution in [1.82, 2.24) is 0 Å². The fourth-order valence-corrected chi connectivity index (χ4v) is 1.85. The van der Waals surface area contributed by atoms with Gasteiger partial charge in [0.05, 0.1) is 16.4 Å². The van der Waals surface area contributed by atoms with Crippen LogP contribution >= 0.6 is 0 Å². The fourth-order valence-electron chi connectivity index (χ4n) is 1.85. The van der Waals surface area contributed by atoms with Crippen molar-refractivity contribution in [3.05, 3.63) is 74.3 Å². The maximum absolute atomic E-state index is 10.7. The van der Waals surface area contributed by atoms with E-state index in [2.05, 4.69) is 10.3 Å². The maximum atomic E-state index is 10.7. The molecule has 8 heteroatoms. The normalized spacial score (nSPS) is 10.6. The first-order valence-corrected chi connectivity index (χ1v) is 6.79. The van der Waals surface area contributed by atoms with Gasteiger partial charge in [0.25, 0.3) is 11.4 Å². The topological polar surface area (TPSA) is 111 Å². The van der Waals surface area contributed by atoms with Gasteiger partial charge in [0, 0.05) is 42.7 Å². The summed E-state index contributed by atoms with van der Waals surface area (Å²) in [5, 5.41) is 24.3. The first kappa shape index (κ1) is 16.1. The van der Waals surface area contributed by atoms with Crippen molar-refractivity contribution < 1.29 is 9.85 Å². The molecule has 8 nitrogen and oxygen atoms in total. The highest BCUT2D eigenvalue weighted by atomic mass is 16.6. The number of nitro benzene ring substituents is 2. The lowest BCUT2D eigenvalue weighted by Crippen LogP contribution is -2.05. The van der Waals surface area contributed by atoms with Crippen molar-refractivity contribution in [2.24, 2.45) is 4.99 Å². The van der Waals surface area contributed by atoms with Gasteiger partial charge in [-0.2, -0.15) is 0 Å². The molecule has 0 saturated carbocycles. The molecule has 0 saturated heterocycles. The molecular weight excluding hydrogens is 300 g/mol. The number of nitrogens with zero attached hydrogens (tertiary/aromatic N) is 3. The summed E-state index contributed by atoms with van der Waals surface area (Å²) in [5.74, 6) is 0. The van der Waals surface area contributed by atoms with Gasteiger partial charge < -0.3 is 5.32 Å². The van der Waals surface area contributed by atoms with Crippen LogP contribution in [0.1, 0.15) is 5.56 Å². The van der Waals surface area contributed by atoms with E-state index in [9.17, 15) is 20.2 Å². The Labute approximate surface area is 131 Å². The van der Waals surface area contributed by atoms with Crippen molar-refractivity contribution in [2.75, 3.05) is 18.4 Å². The third-order valence-electron chi connectivity index (χ3n) is 2.97. The molecule has 2 aromatic carbocycles. The number of nitrogens with one attached hydrogen (secondary N) is 1. The molecular formula is C15H14N4O4. The third-order valence-corrected chi connectivity index (χ3v) is 2.97. The summed E-state index contributed by atoms with van der Waals surface area (Å²) < 4.78 is 0. The molecule has 0 spiro atoms. The smallest absolute Gasteiger partial charge is 0.270 e. The summed E-state index contributed by atoms with van der Waals surface area (Å²) in [6.07, 6.45) is 1.57. The molecule has 0 unspecified atom stereocenters. The van der Waals surface area contributed by atoms with Gasteiger partial charge in [0.15, 0.2) is 0 Å². The average molecular weight is 314 g/mol. The first-order valence-electron chi connectivity index (χ1n) is 6.79. The molecule has 0 aliphatic rings. The Balaban J connectivity index is 1.81. The first-order chi connectivity index (χ1) is 11.1. The molecule has 1 N–H and O–H groups in total. The standard InChI is InChI=1S/C15H14N4O4/c20-18(21)14-6-4-13(5-7-14)17-9-8-16-11-12-2-1-3-15(10-12)19(22)23/h1-7,10-11,17H,8-9H2. The zero-order chi connectivity index (χ0) is 16.7. The zero-order valence-corrected chi connectivity index (χ0v) is 12.1. The lowest BCUT2D eigenvalue weighted by molar-refractivity contribution is -0.385. The van der Waals surface area contributed by atoms with E-state index >= 15 is 0 Å². The van der Waals surface area contributed by atoms with Crippen LogP contribution in [0.5, 0.6) is 0 Å². The van der Waals surface area contributed by atoms with Gasteiger partial charge in [-0.25, -0.2) is 0 Å². The van der Waals surface area contributed by atoms with E-state index in [1.165, 1.54) is 24.3 Å². The number of hydrogen-bond acceptors (Lipinski definition) is 6. The van der Waals surface area contributed by atoms with Crippen LogP contribution in [0.3, 0.4) is 0 Å². The molecule has 0 radical (unpaired) electrons. The second-order valence-corrected chi connectivity index (χ2v) is 4.62. The van der Waals surface area contributed by atoms with Crippen molar-refractivity contribution in [3.8, 4) is 0 Å². The lowest BCUT2D eigenvalue weighted by Gasteiger charge is -2.03. The van der Waals surface area contributed by atoms with Crippen LogP contribution in [0.25, 0.3) is 0 Å². The monoisotopic (exact) mass is 314 g/mol. The number of rotatable bonds is 7. The van der Waals surface area contributed by atoms with Gasteiger partial charge in [0.2, 0.25) is 0 Å². The molecule has 2 rings (SSSR count). The van der Waals surface area contributed by atoms with Crippen molar-refractivity contribution in [1.29, 1.82) is 0 Å². The fraction of sp³-hybridized carbons (Fsp3) is 0.133. The van der Waals surface area contributed by atoms with E-state index in [0.717, 1.165) is 5.69 Å². The highest BCUT2D eigenvalue weighted by Gasteiger charge is 2.04. The molecule has 0 amide bonds. The molecule has 0 aliphatic heterocycles. The molecule has 0 atom stereocenters. The van der Waals surface area contributed by atoms with Gasteiger partial charge in [-0.05, 0) is 17.7 Å². The number of aliphatic imine (C=N–C) groups is 1. The molecule has 0 heterocycles. The SMILES string of the molecule is O=[N+]([O-])c1ccc(NCCN=Cc2cccc([N+](=O)[O-])c2)cc1. The number of hydrogen-bond donors (Lipinski definition) is 1. The van der Waals surface area contributed by atoms with Gasteiger partial charge in [-0.3, -0.25) is 25.2 Å². The number of nitro groups is 2. The molecule has 2 aromatic rings. The Kier molecular flexibility index (Phi) is 5.35. The Bertz CT molecular complexity index is 729. The molecule has 118 valence electrons. The summed E-state index contributed by atoms with van der Waals surface area (Å²) in [5.41, 5.74) is 1.49. The summed E-state index contributed by atoms with van der Waals surface area (Å²) in [6.45, 7) is 1.02. The maximum Gasteiger partial charge on any atom is 0.270 e. The minimum Gasteiger partial charge on any atom is -0.383 e. The molecule has 0 aromatic heterocycles. The van der Waals surface area contributed by atoms with E-state index in [0.29, 0.717) is 18.7 Å². The highest BCUT2D eigenvalue weighted by Crippen LogP contribution is 2.15. The Morgan fingerprint density at radius 1 is 1.00 bits per heavy atom. The van der Waals surface area contributed by atoms with Crippen molar-refractivity contribution in [3.63, 3.8) is 0 Å². The average Bonchev–Trinajstić information content (AvgIpc) is 2.55. The predicted octanol–water partition coefficient (Wildman–Crippen LogP) is 3.03. The van der Waals surface area contributed by atoms with E-state index < -0.39 is 9.85 Å². The quantitative estimate of drug-likeness (QED) is 0.365. The summed E-state index contributed by atoms with van der Waals surface area (Å²) >= 11 is 0. The van der Waals surface area contributed by atoms with Gasteiger partial charge in [0.1, 0.15) is 0 Å². The van der Waals surface area contributed by atoms with Crippen LogP contribution in [0.15, 0.2) is 53.5 Å². The predicted molar refractivity (Wildman–Crippen MR) is 87.1 cm³/mol. The molecule has 0 bridgehead atoms. The minimum absolute atomic E-state index is 0.0259. The van der Waals surface area contributed by atoms with Crippen LogP contribution in [-0.4, -0.2) is 29.2 Å². The van der Waals surface area contributed by atoms with Crippen LogP contribution in [0.2, 0.25) is 0 Å². The highest BCUT2D eigenvalue weighted by molar-refractivity contribution is 5.80. The van der Waals surface area contributed by atoms with E-state index in [4.69, 9.17) is 0 Å². The zero-order valence-electron chi connectivity index (χ0n) is 12.1. The summed E-state index contributed by atoms with van der Waals surface area (Å²) in [6, 6.07) is 12.3. The Morgan fingerprint density at radius 3 is 2.35 bits per heavy atom. The number of non-ortho nitro benzene ring substituents is 2. The van der Waals surface area contributed by atoms with Crippen molar-refractivity contribution >= 4 is 23.3 Å². The van der Waals surface area contributed by atoms with Crippen LogP contribution in [0, 0.1) is 20.2 Å². The van der Waals surface area contributed by atoms with E-state index in [1.807, 2.05) is 0 Å². The van der Waals surface area contributed by atoms with Gasteiger partial charge in [-0.1, -0.05) is 12.1 Å². The third kappa shape index (κ3) is 4.88. The molecule has 0 fully saturated rings. The van der Waals surface area contributed by atoms with Crippen LogP contribution < -0.4 is 5.32 Å². The molecule has 23 heavy (non-hydrogen) atoms. The van der Waals surface area contributed by atoms with Crippen molar-refractivity contribution in [2.45, 2.75) is 0 Å². The largest absolute Gasteiger partial charge is 0.383 e. The summed E-state index contributed by atoms with van der Waals surface area (Å²) in [4.78, 5) is 24.5. The number of anilines is 1. The Morgan fingerprint density at radius 2 is 1.70 bits per heavy atom. The molecule has 0 aliphatic carbocycles. The lowest BCUT2D eigenvalue weighted by atomic mass is 10.2. The van der Waals surface area contributed by atoms with Gasteiger partial charge >= 0.3 is 0 Å². The Hall–Kier alpha value is -3.29. The summed E-state index contributed by atoms with van der Waals surface area (Å²) in [7, 11) is 0. The second-order valence-electron chi connectivity index (χ2n) is 4.62. The van der Waals surface area contributed by atoms with E-state index in [1.54, 1.807) is 30.5 Å². The minimum atomic E-state index is -0.451. The second kappa shape index (κ2) is 7.64. The number of benzene rings is 2. The van der Waals surface area contributed by atoms with Crippen LogP contribution in [0.4, 0.5) is 17.1 Å². The van der Waals surface area contributed by atoms with Crippen LogP contribution in [-0.2, 0) is 0 Å². The van der Waals surface area contributed by atoms with Gasteiger partial charge in [-0.15, -0.1) is 0 Å². The van der Waals surface area contributed by atoms with E-state index in [-0.39, 0.29) is 11.4 Å².